The highest BCUT2D eigenvalue weighted by molar-refractivity contribution is 5.95. The van der Waals surface area contributed by atoms with Crippen LogP contribution in [-0.2, 0) is 5.92 Å². The average Bonchev–Trinajstić information content (AvgIpc) is 3.08. The lowest BCUT2D eigenvalue weighted by Gasteiger charge is -2.39. The van der Waals surface area contributed by atoms with Crippen LogP contribution >= 0.6 is 0 Å². The molecule has 0 aliphatic rings. The largest absolute Gasteiger partial charge is 0.460 e. The summed E-state index contributed by atoms with van der Waals surface area (Å²) in [5.74, 6) is -39.8. The molecule has 1 N–H and O–H groups in total. The molecule has 3 aromatic rings. The molecular formula is C17H7F13N2. The van der Waals surface area contributed by atoms with E-state index in [-0.39, 0.29) is 0 Å². The molecule has 1 heterocycles. The number of aromatic nitrogens is 2. The van der Waals surface area contributed by atoms with Crippen LogP contribution in [0.1, 0.15) is 5.82 Å². The molecule has 0 unspecified atom stereocenters. The van der Waals surface area contributed by atoms with Gasteiger partial charge in [-0.3, -0.25) is 0 Å². The van der Waals surface area contributed by atoms with Crippen molar-refractivity contribution in [3.63, 3.8) is 0 Å². The lowest BCUT2D eigenvalue weighted by atomic mass is 9.93. The second-order valence-corrected chi connectivity index (χ2v) is 6.67. The Balaban J connectivity index is 2.14. The minimum Gasteiger partial charge on any atom is -0.337 e. The molecule has 2 nitrogen and oxygen atoms in total. The molecule has 0 spiro atoms. The van der Waals surface area contributed by atoms with Crippen molar-refractivity contribution in [3.8, 4) is 0 Å². The molecule has 0 aliphatic heterocycles. The lowest BCUT2D eigenvalue weighted by molar-refractivity contribution is -0.442. The van der Waals surface area contributed by atoms with Crippen LogP contribution in [0, 0.1) is 0 Å². The fourth-order valence-corrected chi connectivity index (χ4v) is 2.76. The van der Waals surface area contributed by atoms with Crippen LogP contribution in [0.2, 0.25) is 0 Å². The summed E-state index contributed by atoms with van der Waals surface area (Å²) in [6.07, 6.45) is -7.45. The first-order valence-corrected chi connectivity index (χ1v) is 8.14. The van der Waals surface area contributed by atoms with Gasteiger partial charge in [0, 0.05) is 0 Å². The quantitative estimate of drug-likeness (QED) is 0.390. The maximum absolute atomic E-state index is 14.2. The first-order chi connectivity index (χ1) is 14.3. The van der Waals surface area contributed by atoms with Gasteiger partial charge in [0.15, 0.2) is 5.82 Å². The Kier molecular flexibility index (Phi) is 4.96. The third-order valence-corrected chi connectivity index (χ3v) is 4.58. The zero-order chi connectivity index (χ0) is 24.5. The van der Waals surface area contributed by atoms with Crippen molar-refractivity contribution in [3.05, 3.63) is 42.2 Å². The Morgan fingerprint density at radius 1 is 0.594 bits per heavy atom. The molecule has 0 aliphatic carbocycles. The predicted octanol–water partition coefficient (Wildman–Crippen LogP) is 6.91. The van der Waals surface area contributed by atoms with Gasteiger partial charge in [0.05, 0.1) is 11.0 Å². The van der Waals surface area contributed by atoms with E-state index in [0.717, 1.165) is 12.1 Å². The van der Waals surface area contributed by atoms with Crippen LogP contribution in [0.3, 0.4) is 0 Å². The van der Waals surface area contributed by atoms with Gasteiger partial charge in [0.1, 0.15) is 0 Å². The number of halogens is 13. The van der Waals surface area contributed by atoms with Crippen LogP contribution in [-0.4, -0.2) is 39.8 Å². The summed E-state index contributed by atoms with van der Waals surface area (Å²) in [4.78, 5) is 4.43. The van der Waals surface area contributed by atoms with Crippen molar-refractivity contribution >= 4 is 21.8 Å². The number of rotatable bonds is 5. The number of fused-ring (bicyclic) bond motifs is 2. The van der Waals surface area contributed by atoms with E-state index in [1.54, 1.807) is 0 Å². The molecular weight excluding hydrogens is 479 g/mol. The summed E-state index contributed by atoms with van der Waals surface area (Å²) in [5, 5.41) is 0.641. The number of hydrogen-bond donors (Lipinski definition) is 1. The van der Waals surface area contributed by atoms with Gasteiger partial charge in [-0.05, 0) is 22.9 Å². The number of nitrogens with one attached hydrogen (secondary N) is 1. The highest BCUT2D eigenvalue weighted by Crippen LogP contribution is 2.61. The minimum atomic E-state index is -7.95. The van der Waals surface area contributed by atoms with Crippen molar-refractivity contribution in [2.24, 2.45) is 0 Å². The second kappa shape index (κ2) is 6.63. The highest BCUT2D eigenvalue weighted by atomic mass is 19.4. The van der Waals surface area contributed by atoms with Crippen LogP contribution in [0.4, 0.5) is 57.1 Å². The number of aromatic amines is 1. The Morgan fingerprint density at radius 3 is 1.56 bits per heavy atom. The number of benzene rings is 2. The van der Waals surface area contributed by atoms with Crippen molar-refractivity contribution in [2.45, 2.75) is 35.8 Å². The van der Waals surface area contributed by atoms with Crippen molar-refractivity contribution in [2.75, 3.05) is 0 Å². The normalized spacial score (nSPS) is 15.0. The van der Waals surface area contributed by atoms with E-state index in [2.05, 4.69) is 4.98 Å². The molecule has 1 aromatic heterocycles. The van der Waals surface area contributed by atoms with Crippen LogP contribution in [0.5, 0.6) is 0 Å². The molecule has 15 heteroatoms. The molecule has 0 saturated heterocycles. The fourth-order valence-electron chi connectivity index (χ4n) is 2.76. The SMILES string of the molecule is FC(F)(F)C(F)(F)C(F)(F)C(F)(F)C(F)(F)C(F)(F)c1nc2cc3ccccc3cc2[nH]1. The second-order valence-electron chi connectivity index (χ2n) is 6.67. The van der Waals surface area contributed by atoms with E-state index >= 15 is 0 Å². The molecule has 0 radical (unpaired) electrons. The predicted molar refractivity (Wildman–Crippen MR) is 83.3 cm³/mol. The average molecular weight is 486 g/mol. The first-order valence-electron chi connectivity index (χ1n) is 8.14. The molecule has 0 bridgehead atoms. The van der Waals surface area contributed by atoms with E-state index in [1.807, 2.05) is 0 Å². The van der Waals surface area contributed by atoms with Crippen LogP contribution in [0.25, 0.3) is 21.8 Å². The minimum absolute atomic E-state index is 0.315. The van der Waals surface area contributed by atoms with Gasteiger partial charge >= 0.3 is 35.8 Å². The van der Waals surface area contributed by atoms with Gasteiger partial charge in [0.2, 0.25) is 0 Å². The van der Waals surface area contributed by atoms with Crippen molar-refractivity contribution in [1.82, 2.24) is 9.97 Å². The molecule has 3 rings (SSSR count). The molecule has 0 atom stereocenters. The van der Waals surface area contributed by atoms with E-state index in [9.17, 15) is 57.1 Å². The van der Waals surface area contributed by atoms with Crippen molar-refractivity contribution < 1.29 is 57.1 Å². The standard InChI is InChI=1S/C17H7F13N2/c18-12(19,11-31-9-5-7-3-1-2-4-8(7)6-10(9)32-11)13(20,21)14(22,23)15(24,25)16(26,27)17(28,29)30/h1-6H,(H,31,32). The number of H-pyrrole nitrogens is 1. The van der Waals surface area contributed by atoms with E-state index in [1.165, 1.54) is 29.2 Å². The molecule has 0 amide bonds. The summed E-state index contributed by atoms with van der Waals surface area (Å²) in [5.41, 5.74) is -0.977. The smallest absolute Gasteiger partial charge is 0.337 e. The summed E-state index contributed by atoms with van der Waals surface area (Å²) in [6.45, 7) is 0. The molecule has 32 heavy (non-hydrogen) atoms. The summed E-state index contributed by atoms with van der Waals surface area (Å²) >= 11 is 0. The number of hydrogen-bond acceptors (Lipinski definition) is 1. The number of nitrogens with zero attached hydrogens (tertiary/aromatic N) is 1. The summed E-state index contributed by atoms with van der Waals surface area (Å²) in [6, 6.07) is 7.90. The monoisotopic (exact) mass is 486 g/mol. The van der Waals surface area contributed by atoms with Crippen LogP contribution < -0.4 is 0 Å². The molecule has 176 valence electrons. The fraction of sp³-hybridized carbons (Fsp3) is 0.353. The van der Waals surface area contributed by atoms with Crippen molar-refractivity contribution in [1.29, 1.82) is 0 Å². The Bertz CT molecular complexity index is 1110. The van der Waals surface area contributed by atoms with Gasteiger partial charge in [-0.15, -0.1) is 0 Å². The topological polar surface area (TPSA) is 28.7 Å². The Morgan fingerprint density at radius 2 is 1.06 bits per heavy atom. The first kappa shape index (κ1) is 23.9. The zero-order valence-electron chi connectivity index (χ0n) is 14.8. The molecule has 0 fully saturated rings. The van der Waals surface area contributed by atoms with E-state index in [4.69, 9.17) is 0 Å². The van der Waals surface area contributed by atoms with Gasteiger partial charge in [-0.25, -0.2) is 4.98 Å². The van der Waals surface area contributed by atoms with Gasteiger partial charge in [-0.2, -0.15) is 57.1 Å². The Hall–Kier alpha value is -2.74. The lowest BCUT2D eigenvalue weighted by Crippen LogP contribution is -2.69. The molecule has 0 saturated carbocycles. The molecule has 2 aromatic carbocycles. The third kappa shape index (κ3) is 2.99. The third-order valence-electron chi connectivity index (χ3n) is 4.58. The summed E-state index contributed by atoms with van der Waals surface area (Å²) in [7, 11) is 0. The van der Waals surface area contributed by atoms with Gasteiger partial charge in [-0.1, -0.05) is 24.3 Å². The van der Waals surface area contributed by atoms with Crippen LogP contribution in [0.15, 0.2) is 36.4 Å². The van der Waals surface area contributed by atoms with Gasteiger partial charge < -0.3 is 4.98 Å². The maximum atomic E-state index is 14.2. The zero-order valence-corrected chi connectivity index (χ0v) is 14.8. The highest BCUT2D eigenvalue weighted by Gasteiger charge is 2.91. The number of imidazole rings is 1. The summed E-state index contributed by atoms with van der Waals surface area (Å²) < 4.78 is 173. The van der Waals surface area contributed by atoms with E-state index in [0.29, 0.717) is 10.8 Å². The Labute approximate surface area is 168 Å². The van der Waals surface area contributed by atoms with E-state index < -0.39 is 52.6 Å². The number of alkyl halides is 13. The van der Waals surface area contributed by atoms with Gasteiger partial charge in [0.25, 0.3) is 0 Å². The maximum Gasteiger partial charge on any atom is 0.460 e.